The van der Waals surface area contributed by atoms with Gasteiger partial charge in [-0.15, -0.1) is 0 Å². The van der Waals surface area contributed by atoms with Gasteiger partial charge in [0.25, 0.3) is 5.91 Å². The molecule has 2 heterocycles. The molecule has 1 aliphatic rings. The van der Waals surface area contributed by atoms with Crippen molar-refractivity contribution in [1.82, 2.24) is 15.2 Å². The van der Waals surface area contributed by atoms with E-state index in [1.807, 2.05) is 44.3 Å². The molecule has 0 radical (unpaired) electrons. The van der Waals surface area contributed by atoms with Gasteiger partial charge in [0, 0.05) is 49.5 Å². The number of hydrogen-bond donors (Lipinski definition) is 2. The van der Waals surface area contributed by atoms with E-state index < -0.39 is 0 Å². The first-order chi connectivity index (χ1) is 18.4. The number of fused-ring (bicyclic) bond motifs is 1. The van der Waals surface area contributed by atoms with E-state index in [2.05, 4.69) is 10.3 Å². The second-order valence-corrected chi connectivity index (χ2v) is 10.0. The van der Waals surface area contributed by atoms with E-state index in [1.54, 1.807) is 30.3 Å². The van der Waals surface area contributed by atoms with Crippen LogP contribution in [0.15, 0.2) is 60.8 Å². The van der Waals surface area contributed by atoms with Gasteiger partial charge in [0.2, 0.25) is 0 Å². The van der Waals surface area contributed by atoms with Crippen LogP contribution in [0.4, 0.5) is 4.39 Å². The number of aromatic nitrogens is 1. The number of pyridine rings is 1. The molecule has 4 aromatic rings. The number of aromatic hydroxyl groups is 1. The highest BCUT2D eigenvalue weighted by molar-refractivity contribution is 6.12. The number of halogens is 1. The summed E-state index contributed by atoms with van der Waals surface area (Å²) in [6.07, 6.45) is 3.78. The fourth-order valence-electron chi connectivity index (χ4n) is 5.36. The topological polar surface area (TPSA) is 74.7 Å². The first-order valence-corrected chi connectivity index (χ1v) is 12.8. The minimum atomic E-state index is -0.361. The Morgan fingerprint density at radius 2 is 2.00 bits per heavy atom. The molecule has 38 heavy (non-hydrogen) atoms. The molecular weight excluding hydrogens is 481 g/mol. The molecular formula is C31H32FN3O3. The zero-order chi connectivity index (χ0) is 26.8. The fourth-order valence-corrected chi connectivity index (χ4v) is 5.36. The predicted molar refractivity (Wildman–Crippen MR) is 148 cm³/mol. The number of nitrogens with zero attached hydrogens (tertiary/aromatic N) is 2. The van der Waals surface area contributed by atoms with E-state index in [0.29, 0.717) is 39.7 Å². The van der Waals surface area contributed by atoms with Crippen LogP contribution in [0.3, 0.4) is 0 Å². The number of carbonyl (C=O) groups excluding carboxylic acids is 1. The molecule has 0 saturated carbocycles. The largest absolute Gasteiger partial charge is 0.508 e. The van der Waals surface area contributed by atoms with E-state index in [0.717, 1.165) is 36.1 Å². The number of rotatable bonds is 7. The van der Waals surface area contributed by atoms with Crippen molar-refractivity contribution in [2.24, 2.45) is 0 Å². The Kier molecular flexibility index (Phi) is 7.40. The van der Waals surface area contributed by atoms with Gasteiger partial charge in [-0.05, 0) is 78.9 Å². The number of amides is 1. The van der Waals surface area contributed by atoms with Crippen molar-refractivity contribution >= 4 is 16.8 Å². The Hall–Kier alpha value is -3.81. The Balaban J connectivity index is 1.71. The molecule has 1 amide bonds. The quantitative estimate of drug-likeness (QED) is 0.332. The minimum Gasteiger partial charge on any atom is -0.508 e. The van der Waals surface area contributed by atoms with E-state index >= 15 is 0 Å². The minimum absolute atomic E-state index is 0.145. The first kappa shape index (κ1) is 25.8. The van der Waals surface area contributed by atoms with Gasteiger partial charge >= 0.3 is 0 Å². The van der Waals surface area contributed by atoms with Crippen molar-refractivity contribution < 1.29 is 19.0 Å². The molecule has 1 aliphatic heterocycles. The van der Waals surface area contributed by atoms with Crippen LogP contribution in [-0.2, 0) is 11.3 Å². The highest BCUT2D eigenvalue weighted by Gasteiger charge is 2.25. The fraction of sp³-hybridized carbons (Fsp3) is 0.290. The van der Waals surface area contributed by atoms with E-state index in [-0.39, 0.29) is 30.1 Å². The van der Waals surface area contributed by atoms with E-state index in [9.17, 15) is 14.3 Å². The van der Waals surface area contributed by atoms with Gasteiger partial charge in [-0.2, -0.15) is 0 Å². The van der Waals surface area contributed by atoms with Crippen molar-refractivity contribution in [3.8, 4) is 28.0 Å². The summed E-state index contributed by atoms with van der Waals surface area (Å²) in [6, 6.07) is 16.1. The number of aryl methyl sites for hydroxylation is 1. The monoisotopic (exact) mass is 513 g/mol. The number of nitrogens with one attached hydrogen (secondary N) is 1. The van der Waals surface area contributed by atoms with Gasteiger partial charge in [-0.3, -0.25) is 9.78 Å². The van der Waals surface area contributed by atoms with Crippen molar-refractivity contribution in [1.29, 1.82) is 0 Å². The average Bonchev–Trinajstić information content (AvgIpc) is 3.41. The van der Waals surface area contributed by atoms with Gasteiger partial charge in [-0.25, -0.2) is 4.39 Å². The molecule has 0 bridgehead atoms. The lowest BCUT2D eigenvalue weighted by Crippen LogP contribution is -2.38. The van der Waals surface area contributed by atoms with E-state index in [4.69, 9.17) is 4.74 Å². The molecule has 2 N–H and O–H groups in total. The van der Waals surface area contributed by atoms with Crippen LogP contribution in [0.5, 0.6) is 5.75 Å². The number of phenolic OH excluding ortho intramolecular Hbond substituents is 1. The van der Waals surface area contributed by atoms with E-state index in [1.165, 1.54) is 12.1 Å². The summed E-state index contributed by atoms with van der Waals surface area (Å²) >= 11 is 0. The Morgan fingerprint density at radius 1 is 1.16 bits per heavy atom. The maximum absolute atomic E-state index is 14.5. The van der Waals surface area contributed by atoms with Crippen molar-refractivity contribution in [2.75, 3.05) is 27.2 Å². The van der Waals surface area contributed by atoms with Crippen LogP contribution < -0.4 is 5.32 Å². The van der Waals surface area contributed by atoms with Gasteiger partial charge < -0.3 is 20.1 Å². The summed E-state index contributed by atoms with van der Waals surface area (Å²) in [5.41, 5.74) is 5.39. The summed E-state index contributed by atoms with van der Waals surface area (Å²) < 4.78 is 19.8. The number of carbonyl (C=O) groups is 1. The lowest BCUT2D eigenvalue weighted by Gasteiger charge is -2.24. The zero-order valence-electron chi connectivity index (χ0n) is 21.9. The average molecular weight is 514 g/mol. The molecule has 196 valence electrons. The van der Waals surface area contributed by atoms with Gasteiger partial charge in [0.15, 0.2) is 0 Å². The number of methoxy groups -OCH3 is 1. The Labute approximate surface area is 222 Å². The summed E-state index contributed by atoms with van der Waals surface area (Å²) in [6.45, 7) is 3.60. The predicted octanol–water partition coefficient (Wildman–Crippen LogP) is 5.69. The maximum atomic E-state index is 14.5. The SMILES string of the molecule is COCc1c(O)cccc1-c1ccc2ncc(-c3cc(C)cc(F)c3)c(C(=O)N(C)C[C@@H]3CCCN3)c2c1. The summed E-state index contributed by atoms with van der Waals surface area (Å²) in [4.78, 5) is 20.5. The van der Waals surface area contributed by atoms with Crippen molar-refractivity contribution in [3.63, 3.8) is 0 Å². The number of benzene rings is 3. The third-order valence-electron chi connectivity index (χ3n) is 7.19. The third kappa shape index (κ3) is 5.12. The summed E-state index contributed by atoms with van der Waals surface area (Å²) in [5, 5.41) is 14.6. The van der Waals surface area contributed by atoms with Crippen LogP contribution >= 0.6 is 0 Å². The zero-order valence-corrected chi connectivity index (χ0v) is 21.9. The third-order valence-corrected chi connectivity index (χ3v) is 7.19. The number of hydrogen-bond acceptors (Lipinski definition) is 5. The molecule has 0 spiro atoms. The standard InChI is InChI=1S/C31H32FN3O3/c1-19-12-21(14-22(32)13-19)26-16-34-28-10-9-20(24-7-4-8-29(36)27(24)18-38-3)15-25(28)30(26)31(37)35(2)17-23-6-5-11-33-23/h4,7-10,12-16,23,33,36H,5-6,11,17-18H2,1-3H3/t23-/m0/s1. The molecule has 3 aromatic carbocycles. The van der Waals surface area contributed by atoms with Crippen molar-refractivity contribution in [3.05, 3.63) is 83.3 Å². The second-order valence-electron chi connectivity index (χ2n) is 10.0. The van der Waals surface area contributed by atoms with Crippen LogP contribution in [0.2, 0.25) is 0 Å². The summed E-state index contributed by atoms with van der Waals surface area (Å²) in [5.74, 6) is -0.362. The highest BCUT2D eigenvalue weighted by Crippen LogP contribution is 2.36. The maximum Gasteiger partial charge on any atom is 0.255 e. The van der Waals surface area contributed by atoms with Crippen molar-refractivity contribution in [2.45, 2.75) is 32.4 Å². The summed E-state index contributed by atoms with van der Waals surface area (Å²) in [7, 11) is 3.39. The molecule has 5 rings (SSSR count). The molecule has 1 atom stereocenters. The van der Waals surface area contributed by atoms with Crippen LogP contribution in [0, 0.1) is 12.7 Å². The number of phenols is 1. The molecule has 0 aliphatic carbocycles. The Morgan fingerprint density at radius 3 is 2.74 bits per heavy atom. The lowest BCUT2D eigenvalue weighted by molar-refractivity contribution is 0.0786. The lowest BCUT2D eigenvalue weighted by atomic mass is 9.92. The highest BCUT2D eigenvalue weighted by atomic mass is 19.1. The molecule has 1 saturated heterocycles. The van der Waals surface area contributed by atoms with Gasteiger partial charge in [0.1, 0.15) is 11.6 Å². The smallest absolute Gasteiger partial charge is 0.255 e. The normalized spacial score (nSPS) is 15.2. The van der Waals surface area contributed by atoms with Crippen LogP contribution in [0.1, 0.15) is 34.3 Å². The number of likely N-dealkylation sites (N-methyl/N-ethyl adjacent to an activating group) is 1. The van der Waals surface area contributed by atoms with Gasteiger partial charge in [-0.1, -0.05) is 24.3 Å². The molecule has 7 heteroatoms. The molecule has 1 fully saturated rings. The van der Waals surface area contributed by atoms with Gasteiger partial charge in [0.05, 0.1) is 17.7 Å². The molecule has 1 aromatic heterocycles. The van der Waals surface area contributed by atoms with Crippen LogP contribution in [-0.4, -0.2) is 54.2 Å². The molecule has 6 nitrogen and oxygen atoms in total. The number of ether oxygens (including phenoxy) is 1. The Bertz CT molecular complexity index is 1480. The molecule has 0 unspecified atom stereocenters. The van der Waals surface area contributed by atoms with Crippen LogP contribution in [0.25, 0.3) is 33.2 Å². The second kappa shape index (κ2) is 10.9. The first-order valence-electron chi connectivity index (χ1n) is 12.8.